The van der Waals surface area contributed by atoms with Crippen LogP contribution in [0.1, 0.15) is 49.9 Å². The summed E-state index contributed by atoms with van der Waals surface area (Å²) in [6, 6.07) is 17.3. The number of nitrogens with two attached hydrogens (primary N) is 1. The van der Waals surface area contributed by atoms with Gasteiger partial charge in [0.2, 0.25) is 5.91 Å². The third-order valence-corrected chi connectivity index (χ3v) is 5.52. The number of rotatable bonds is 7. The molecule has 2 aromatic rings. The van der Waals surface area contributed by atoms with Gasteiger partial charge in [-0.3, -0.25) is 9.59 Å². The molecule has 4 N–H and O–H groups in total. The molecule has 0 bridgehead atoms. The summed E-state index contributed by atoms with van der Waals surface area (Å²) in [4.78, 5) is 25.9. The smallest absolute Gasteiger partial charge is 0.279 e. The highest BCUT2D eigenvalue weighted by Crippen LogP contribution is 2.15. The van der Waals surface area contributed by atoms with E-state index in [9.17, 15) is 9.59 Å². The predicted octanol–water partition coefficient (Wildman–Crippen LogP) is 2.08. The second-order valence-corrected chi connectivity index (χ2v) is 8.35. The lowest BCUT2D eigenvalue weighted by atomic mass is 9.95. The van der Waals surface area contributed by atoms with Gasteiger partial charge in [-0.1, -0.05) is 68.4 Å². The first-order chi connectivity index (χ1) is 13.9. The molecule has 2 aromatic carbocycles. The van der Waals surface area contributed by atoms with Crippen LogP contribution in [0.5, 0.6) is 0 Å². The molecule has 0 spiro atoms. The number of carbonyl (C=O) groups is 2. The molecule has 154 valence electrons. The fraction of sp³-hybridized carbons (Fsp3) is 0.417. The molecule has 0 saturated carbocycles. The molecule has 0 fully saturated rings. The van der Waals surface area contributed by atoms with Gasteiger partial charge in [0.15, 0.2) is 6.04 Å². The Balaban J connectivity index is 1.64. The normalized spacial score (nSPS) is 17.9. The van der Waals surface area contributed by atoms with E-state index in [2.05, 4.69) is 41.9 Å². The summed E-state index contributed by atoms with van der Waals surface area (Å²) < 4.78 is 0. The van der Waals surface area contributed by atoms with E-state index in [1.54, 1.807) is 0 Å². The Bertz CT molecular complexity index is 835. The van der Waals surface area contributed by atoms with Gasteiger partial charge in [-0.2, -0.15) is 0 Å². The highest BCUT2D eigenvalue weighted by atomic mass is 16.2. The van der Waals surface area contributed by atoms with E-state index in [0.29, 0.717) is 18.8 Å². The molecule has 1 aliphatic heterocycles. The van der Waals surface area contributed by atoms with E-state index >= 15 is 0 Å². The molecule has 3 atom stereocenters. The van der Waals surface area contributed by atoms with Crippen molar-refractivity contribution in [1.29, 1.82) is 0 Å². The maximum atomic E-state index is 12.9. The van der Waals surface area contributed by atoms with Crippen molar-refractivity contribution < 1.29 is 14.9 Å². The highest BCUT2D eigenvalue weighted by molar-refractivity contribution is 5.89. The van der Waals surface area contributed by atoms with Crippen LogP contribution >= 0.6 is 0 Å². The van der Waals surface area contributed by atoms with Gasteiger partial charge in [0.1, 0.15) is 12.6 Å². The predicted molar refractivity (Wildman–Crippen MR) is 114 cm³/mol. The van der Waals surface area contributed by atoms with Gasteiger partial charge in [-0.25, -0.2) is 0 Å². The lowest BCUT2D eigenvalue weighted by molar-refractivity contribution is -0.695. The Kier molecular flexibility index (Phi) is 7.04. The van der Waals surface area contributed by atoms with E-state index in [1.807, 2.05) is 49.4 Å². The number of nitrogens with one attached hydrogen (secondary N) is 2. The fourth-order valence-electron chi connectivity index (χ4n) is 3.87. The Hall–Kier alpha value is -2.66. The van der Waals surface area contributed by atoms with Crippen LogP contribution in [0.25, 0.3) is 0 Å². The van der Waals surface area contributed by atoms with Gasteiger partial charge in [0, 0.05) is 12.0 Å². The maximum absolute atomic E-state index is 12.9. The minimum Gasteiger partial charge on any atom is -0.348 e. The van der Waals surface area contributed by atoms with Crippen molar-refractivity contribution in [2.75, 3.05) is 0 Å². The van der Waals surface area contributed by atoms with Gasteiger partial charge in [-0.15, -0.1) is 0 Å². The quantitative estimate of drug-likeness (QED) is 0.673. The fourth-order valence-corrected chi connectivity index (χ4v) is 3.87. The van der Waals surface area contributed by atoms with Crippen molar-refractivity contribution in [3.05, 3.63) is 71.3 Å². The van der Waals surface area contributed by atoms with Gasteiger partial charge >= 0.3 is 0 Å². The molecular formula is C24H32N3O2+. The average molecular weight is 395 g/mol. The van der Waals surface area contributed by atoms with Crippen LogP contribution in [-0.2, 0) is 22.6 Å². The Morgan fingerprint density at radius 2 is 1.62 bits per heavy atom. The minimum absolute atomic E-state index is 0.0623. The molecule has 1 heterocycles. The summed E-state index contributed by atoms with van der Waals surface area (Å²) in [5, 5.41) is 8.15. The second kappa shape index (κ2) is 9.70. The summed E-state index contributed by atoms with van der Waals surface area (Å²) in [6.45, 7) is 6.89. The molecule has 0 unspecified atom stereocenters. The SMILES string of the molecule is CC(C)C[C@@H](NC(=O)[C@@H]1Cc2ccccc2C[NH2+]1)C(=O)N[C@H](C)c1ccccc1. The summed E-state index contributed by atoms with van der Waals surface area (Å²) in [5.41, 5.74) is 3.55. The van der Waals surface area contributed by atoms with Crippen LogP contribution in [0, 0.1) is 5.92 Å². The number of quaternary nitrogens is 1. The average Bonchev–Trinajstić information content (AvgIpc) is 2.73. The summed E-state index contributed by atoms with van der Waals surface area (Å²) in [5.74, 6) is 0.112. The van der Waals surface area contributed by atoms with Crippen molar-refractivity contribution in [2.45, 2.75) is 58.3 Å². The summed E-state index contributed by atoms with van der Waals surface area (Å²) in [6.07, 6.45) is 1.31. The third kappa shape index (κ3) is 5.67. The molecule has 5 nitrogen and oxygen atoms in total. The molecule has 0 aliphatic carbocycles. The van der Waals surface area contributed by atoms with E-state index < -0.39 is 6.04 Å². The first kappa shape index (κ1) is 21.1. The first-order valence-corrected chi connectivity index (χ1v) is 10.5. The molecule has 0 saturated heterocycles. The standard InChI is InChI=1S/C24H31N3O2/c1-16(2)13-22(24(29)26-17(3)18-9-5-4-6-10-18)27-23(28)21-14-19-11-7-8-12-20(19)15-25-21/h4-12,16-17,21-22,25H,13-15H2,1-3H3,(H,26,29)(H,27,28)/p+1/t17-,21+,22-/m1/s1. The second-order valence-electron chi connectivity index (χ2n) is 8.35. The molecule has 3 rings (SSSR count). The molecule has 0 aromatic heterocycles. The van der Waals surface area contributed by atoms with E-state index in [1.165, 1.54) is 11.1 Å². The van der Waals surface area contributed by atoms with Crippen molar-refractivity contribution in [2.24, 2.45) is 5.92 Å². The van der Waals surface area contributed by atoms with Crippen LogP contribution in [-0.4, -0.2) is 23.9 Å². The van der Waals surface area contributed by atoms with Crippen molar-refractivity contribution in [3.8, 4) is 0 Å². The van der Waals surface area contributed by atoms with Gasteiger partial charge in [-0.05, 0) is 30.4 Å². The summed E-state index contributed by atoms with van der Waals surface area (Å²) >= 11 is 0. The molecule has 5 heteroatoms. The molecular weight excluding hydrogens is 362 g/mol. The van der Waals surface area contributed by atoms with Gasteiger partial charge in [0.05, 0.1) is 6.04 Å². The van der Waals surface area contributed by atoms with Crippen molar-refractivity contribution >= 4 is 11.8 Å². The first-order valence-electron chi connectivity index (χ1n) is 10.5. The van der Waals surface area contributed by atoms with Gasteiger partial charge < -0.3 is 16.0 Å². The van der Waals surface area contributed by atoms with Crippen molar-refractivity contribution in [1.82, 2.24) is 10.6 Å². The van der Waals surface area contributed by atoms with Crippen LogP contribution in [0.15, 0.2) is 54.6 Å². The molecule has 1 aliphatic rings. The number of hydrogen-bond acceptors (Lipinski definition) is 2. The summed E-state index contributed by atoms with van der Waals surface area (Å²) in [7, 11) is 0. The molecule has 29 heavy (non-hydrogen) atoms. The number of hydrogen-bond donors (Lipinski definition) is 3. The Morgan fingerprint density at radius 3 is 2.31 bits per heavy atom. The van der Waals surface area contributed by atoms with Crippen LogP contribution in [0.3, 0.4) is 0 Å². The van der Waals surface area contributed by atoms with E-state index in [0.717, 1.165) is 12.1 Å². The number of fused-ring (bicyclic) bond motifs is 1. The van der Waals surface area contributed by atoms with Crippen LogP contribution in [0.2, 0.25) is 0 Å². The van der Waals surface area contributed by atoms with Crippen LogP contribution < -0.4 is 16.0 Å². The van der Waals surface area contributed by atoms with Crippen molar-refractivity contribution in [3.63, 3.8) is 0 Å². The lowest BCUT2D eigenvalue weighted by Crippen LogP contribution is -2.93. The zero-order chi connectivity index (χ0) is 20.8. The minimum atomic E-state index is -0.528. The molecule has 2 amide bonds. The zero-order valence-corrected chi connectivity index (χ0v) is 17.5. The number of amides is 2. The van der Waals surface area contributed by atoms with E-state index in [4.69, 9.17) is 0 Å². The highest BCUT2D eigenvalue weighted by Gasteiger charge is 2.31. The Labute approximate surface area is 173 Å². The lowest BCUT2D eigenvalue weighted by Gasteiger charge is -2.26. The van der Waals surface area contributed by atoms with E-state index in [-0.39, 0.29) is 23.9 Å². The Morgan fingerprint density at radius 1 is 0.966 bits per heavy atom. The number of carbonyl (C=O) groups excluding carboxylic acids is 2. The largest absolute Gasteiger partial charge is 0.348 e. The number of benzene rings is 2. The van der Waals surface area contributed by atoms with Crippen LogP contribution in [0.4, 0.5) is 0 Å². The third-order valence-electron chi connectivity index (χ3n) is 5.52. The molecule has 0 radical (unpaired) electrons. The maximum Gasteiger partial charge on any atom is 0.279 e. The van der Waals surface area contributed by atoms with Gasteiger partial charge in [0.25, 0.3) is 5.91 Å². The topological polar surface area (TPSA) is 74.8 Å². The zero-order valence-electron chi connectivity index (χ0n) is 17.5. The monoisotopic (exact) mass is 394 g/mol.